The van der Waals surface area contributed by atoms with E-state index >= 15 is 0 Å². The van der Waals surface area contributed by atoms with Crippen LogP contribution in [-0.2, 0) is 4.74 Å². The first-order valence-electron chi connectivity index (χ1n) is 8.00. The largest absolute Gasteiger partial charge is 0.391 e. The average Bonchev–Trinajstić information content (AvgIpc) is 2.90. The Morgan fingerprint density at radius 3 is 2.58 bits per heavy atom. The second-order valence-electron chi connectivity index (χ2n) is 5.92. The molecule has 0 aliphatic carbocycles. The Morgan fingerprint density at radius 2 is 1.95 bits per heavy atom. The standard InChI is InChI=1S/C15H30N2O2/c1-3-5-15(18)14(4-2)17-7-6-13(12-17)16-8-10-19-11-9-16/h13-15,18H,3-12H2,1-2H3. The molecule has 2 fully saturated rings. The molecule has 0 amide bonds. The van der Waals surface area contributed by atoms with E-state index in [1.807, 2.05) is 0 Å². The molecular formula is C15H30N2O2. The Bertz CT molecular complexity index is 257. The fourth-order valence-corrected chi connectivity index (χ4v) is 3.57. The zero-order valence-electron chi connectivity index (χ0n) is 12.6. The third-order valence-electron chi connectivity index (χ3n) is 4.67. The lowest BCUT2D eigenvalue weighted by Gasteiger charge is -2.34. The van der Waals surface area contributed by atoms with Gasteiger partial charge in [0.1, 0.15) is 0 Å². The van der Waals surface area contributed by atoms with Crippen molar-refractivity contribution in [1.82, 2.24) is 9.80 Å². The minimum Gasteiger partial charge on any atom is -0.391 e. The van der Waals surface area contributed by atoms with Crippen LogP contribution in [0.3, 0.4) is 0 Å². The third kappa shape index (κ3) is 3.91. The van der Waals surface area contributed by atoms with Crippen LogP contribution >= 0.6 is 0 Å². The number of aliphatic hydroxyl groups excluding tert-OH is 1. The Kier molecular flexibility index (Phi) is 6.07. The Balaban J connectivity index is 1.85. The van der Waals surface area contributed by atoms with Crippen LogP contribution in [0.1, 0.15) is 39.5 Å². The SMILES string of the molecule is CCCC(O)C(CC)N1CCC(N2CCOCC2)C1. The van der Waals surface area contributed by atoms with Crippen molar-refractivity contribution in [2.45, 2.75) is 57.7 Å². The summed E-state index contributed by atoms with van der Waals surface area (Å²) in [4.78, 5) is 5.09. The van der Waals surface area contributed by atoms with Gasteiger partial charge in [0.15, 0.2) is 0 Å². The van der Waals surface area contributed by atoms with Crippen LogP contribution < -0.4 is 0 Å². The van der Waals surface area contributed by atoms with Gasteiger partial charge < -0.3 is 9.84 Å². The molecule has 1 N–H and O–H groups in total. The fraction of sp³-hybridized carbons (Fsp3) is 1.00. The number of rotatable bonds is 6. The van der Waals surface area contributed by atoms with Crippen molar-refractivity contribution in [3.63, 3.8) is 0 Å². The van der Waals surface area contributed by atoms with Crippen LogP contribution in [0.25, 0.3) is 0 Å². The lowest BCUT2D eigenvalue weighted by molar-refractivity contribution is 0.0121. The maximum Gasteiger partial charge on any atom is 0.0695 e. The van der Waals surface area contributed by atoms with Crippen molar-refractivity contribution in [2.24, 2.45) is 0 Å². The topological polar surface area (TPSA) is 35.9 Å². The maximum atomic E-state index is 10.3. The minimum absolute atomic E-state index is 0.154. The summed E-state index contributed by atoms with van der Waals surface area (Å²) in [5.74, 6) is 0. The molecule has 0 aromatic heterocycles. The number of hydrogen-bond donors (Lipinski definition) is 1. The first-order valence-corrected chi connectivity index (χ1v) is 8.00. The first kappa shape index (κ1) is 15.2. The molecule has 2 aliphatic rings. The van der Waals surface area contributed by atoms with Gasteiger partial charge in [0, 0.05) is 38.3 Å². The van der Waals surface area contributed by atoms with Crippen LogP contribution in [0.2, 0.25) is 0 Å². The number of hydrogen-bond acceptors (Lipinski definition) is 4. The Morgan fingerprint density at radius 1 is 1.21 bits per heavy atom. The van der Waals surface area contributed by atoms with E-state index in [0.29, 0.717) is 12.1 Å². The molecule has 0 aromatic carbocycles. The summed E-state index contributed by atoms with van der Waals surface area (Å²) < 4.78 is 5.43. The van der Waals surface area contributed by atoms with Crippen molar-refractivity contribution in [3.05, 3.63) is 0 Å². The predicted molar refractivity (Wildman–Crippen MR) is 77.4 cm³/mol. The summed E-state index contributed by atoms with van der Waals surface area (Å²) in [6.45, 7) is 10.5. The molecule has 4 nitrogen and oxygen atoms in total. The molecule has 3 unspecified atom stereocenters. The number of aliphatic hydroxyl groups is 1. The molecule has 19 heavy (non-hydrogen) atoms. The number of morpholine rings is 1. The van der Waals surface area contributed by atoms with E-state index < -0.39 is 0 Å². The van der Waals surface area contributed by atoms with Gasteiger partial charge in [-0.2, -0.15) is 0 Å². The monoisotopic (exact) mass is 270 g/mol. The second kappa shape index (κ2) is 7.58. The van der Waals surface area contributed by atoms with Crippen molar-refractivity contribution >= 4 is 0 Å². The van der Waals surface area contributed by atoms with E-state index in [1.165, 1.54) is 6.42 Å². The molecule has 2 aliphatic heterocycles. The molecule has 0 radical (unpaired) electrons. The smallest absolute Gasteiger partial charge is 0.0695 e. The molecule has 2 rings (SSSR count). The van der Waals surface area contributed by atoms with Crippen molar-refractivity contribution in [3.8, 4) is 0 Å². The first-order chi connectivity index (χ1) is 9.26. The van der Waals surface area contributed by atoms with E-state index in [4.69, 9.17) is 4.74 Å². The van der Waals surface area contributed by atoms with Gasteiger partial charge in [-0.25, -0.2) is 0 Å². The quantitative estimate of drug-likeness (QED) is 0.790. The van der Waals surface area contributed by atoms with Gasteiger partial charge in [0.05, 0.1) is 19.3 Å². The van der Waals surface area contributed by atoms with Gasteiger partial charge in [-0.3, -0.25) is 9.80 Å². The van der Waals surface area contributed by atoms with Crippen molar-refractivity contribution in [1.29, 1.82) is 0 Å². The molecule has 0 bridgehead atoms. The van der Waals surface area contributed by atoms with Crippen LogP contribution in [0.15, 0.2) is 0 Å². The van der Waals surface area contributed by atoms with Gasteiger partial charge in [0.25, 0.3) is 0 Å². The van der Waals surface area contributed by atoms with Crippen LogP contribution in [0.5, 0.6) is 0 Å². The molecule has 4 heteroatoms. The third-order valence-corrected chi connectivity index (χ3v) is 4.67. The second-order valence-corrected chi connectivity index (χ2v) is 5.92. The summed E-state index contributed by atoms with van der Waals surface area (Å²) in [5.41, 5.74) is 0. The number of ether oxygens (including phenoxy) is 1. The summed E-state index contributed by atoms with van der Waals surface area (Å²) in [6, 6.07) is 1.03. The lowest BCUT2D eigenvalue weighted by atomic mass is 10.0. The van der Waals surface area contributed by atoms with Gasteiger partial charge in [-0.1, -0.05) is 20.3 Å². The van der Waals surface area contributed by atoms with E-state index in [0.717, 1.165) is 58.7 Å². The number of likely N-dealkylation sites (tertiary alicyclic amines) is 1. The zero-order chi connectivity index (χ0) is 13.7. The molecule has 3 atom stereocenters. The molecule has 0 spiro atoms. The zero-order valence-corrected chi connectivity index (χ0v) is 12.6. The van der Waals surface area contributed by atoms with Gasteiger partial charge in [-0.15, -0.1) is 0 Å². The highest BCUT2D eigenvalue weighted by molar-refractivity contribution is 4.89. The molecule has 2 saturated heterocycles. The highest BCUT2D eigenvalue weighted by atomic mass is 16.5. The molecule has 112 valence electrons. The van der Waals surface area contributed by atoms with E-state index in [9.17, 15) is 5.11 Å². The van der Waals surface area contributed by atoms with Crippen molar-refractivity contribution < 1.29 is 9.84 Å². The molecule has 0 aromatic rings. The number of nitrogens with zero attached hydrogens (tertiary/aromatic N) is 2. The molecular weight excluding hydrogens is 240 g/mol. The van der Waals surface area contributed by atoms with Crippen LogP contribution in [0.4, 0.5) is 0 Å². The van der Waals surface area contributed by atoms with E-state index in [1.54, 1.807) is 0 Å². The summed E-state index contributed by atoms with van der Waals surface area (Å²) in [7, 11) is 0. The highest BCUT2D eigenvalue weighted by Crippen LogP contribution is 2.23. The summed E-state index contributed by atoms with van der Waals surface area (Å²) in [6.07, 6.45) is 4.14. The Labute approximate surface area is 117 Å². The van der Waals surface area contributed by atoms with Gasteiger partial charge in [-0.05, 0) is 19.3 Å². The van der Waals surface area contributed by atoms with Crippen LogP contribution in [0, 0.1) is 0 Å². The Hall–Kier alpha value is -0.160. The van der Waals surface area contributed by atoms with E-state index in [2.05, 4.69) is 23.6 Å². The highest BCUT2D eigenvalue weighted by Gasteiger charge is 2.33. The molecule has 2 heterocycles. The van der Waals surface area contributed by atoms with Crippen molar-refractivity contribution in [2.75, 3.05) is 39.4 Å². The normalized spacial score (nSPS) is 29.5. The summed E-state index contributed by atoms with van der Waals surface area (Å²) in [5, 5.41) is 10.3. The lowest BCUT2D eigenvalue weighted by Crippen LogP contribution is -2.47. The van der Waals surface area contributed by atoms with Crippen LogP contribution in [-0.4, -0.2) is 72.5 Å². The molecule has 0 saturated carbocycles. The fourth-order valence-electron chi connectivity index (χ4n) is 3.57. The van der Waals surface area contributed by atoms with E-state index in [-0.39, 0.29) is 6.10 Å². The predicted octanol–water partition coefficient (Wildman–Crippen LogP) is 1.33. The van der Waals surface area contributed by atoms with Gasteiger partial charge in [0.2, 0.25) is 0 Å². The average molecular weight is 270 g/mol. The maximum absolute atomic E-state index is 10.3. The summed E-state index contributed by atoms with van der Waals surface area (Å²) >= 11 is 0. The minimum atomic E-state index is -0.154. The van der Waals surface area contributed by atoms with Gasteiger partial charge >= 0.3 is 0 Å².